The smallest absolute Gasteiger partial charge is 0.303 e. The van der Waals surface area contributed by atoms with Gasteiger partial charge in [0.25, 0.3) is 0 Å². The minimum atomic E-state index is -3.62. The maximum atomic E-state index is 13.7. The molecule has 2 aliphatic heterocycles. The lowest BCUT2D eigenvalue weighted by atomic mass is 9.48. The first-order valence-corrected chi connectivity index (χ1v) is 14.7. The zero-order chi connectivity index (χ0) is 26.0. The highest BCUT2D eigenvalue weighted by atomic mass is 32.2. The van der Waals surface area contributed by atoms with Gasteiger partial charge in [-0.3, -0.25) is 9.69 Å². The van der Waals surface area contributed by atoms with Crippen molar-refractivity contribution in [3.8, 4) is 5.75 Å². The summed E-state index contributed by atoms with van der Waals surface area (Å²) in [6, 6.07) is 15.0. The first-order valence-electron chi connectivity index (χ1n) is 13.1. The second kappa shape index (κ2) is 8.68. The van der Waals surface area contributed by atoms with Crippen LogP contribution >= 0.6 is 0 Å². The number of carbonyl (C=O) groups excluding carboxylic acids is 1. The lowest BCUT2D eigenvalue weighted by Crippen LogP contribution is -2.79. The highest BCUT2D eigenvalue weighted by molar-refractivity contribution is 7.88. The molecule has 6 rings (SSSR count). The highest BCUT2D eigenvalue weighted by Gasteiger charge is 2.75. The van der Waals surface area contributed by atoms with E-state index in [9.17, 15) is 13.2 Å². The van der Waals surface area contributed by atoms with E-state index in [0.29, 0.717) is 19.4 Å². The van der Waals surface area contributed by atoms with Crippen molar-refractivity contribution in [1.29, 1.82) is 0 Å². The predicted octanol–water partition coefficient (Wildman–Crippen LogP) is 3.43. The van der Waals surface area contributed by atoms with E-state index in [1.54, 1.807) is 7.05 Å². The number of hydrogen-bond acceptors (Lipinski definition) is 6. The maximum Gasteiger partial charge on any atom is 0.303 e. The van der Waals surface area contributed by atoms with E-state index >= 15 is 0 Å². The monoisotopic (exact) mass is 522 g/mol. The maximum absolute atomic E-state index is 13.7. The molecule has 1 saturated carbocycles. The number of rotatable bonds is 7. The minimum absolute atomic E-state index is 0.0257. The quantitative estimate of drug-likeness (QED) is 0.410. The molecule has 1 saturated heterocycles. The average Bonchev–Trinajstić information content (AvgIpc) is 3.20. The third-order valence-corrected chi connectivity index (χ3v) is 11.0. The number of likely N-dealkylation sites (tertiary alicyclic amines) is 1. The summed E-state index contributed by atoms with van der Waals surface area (Å²) in [4.78, 5) is 15.0. The molecule has 0 N–H and O–H groups in total. The predicted molar refractivity (Wildman–Crippen MR) is 141 cm³/mol. The molecule has 0 radical (unpaired) electrons. The van der Waals surface area contributed by atoms with Crippen LogP contribution in [0.5, 0.6) is 5.75 Å². The number of carbonyl (C=O) groups is 1. The van der Waals surface area contributed by atoms with E-state index in [1.165, 1.54) is 16.8 Å². The standard InChI is InChI=1S/C29H34N2O5S/c1-4-16-31-17-15-28-26-22-11-8-12-24(26)35-27(28)23(13-14-29(28,25(31)18-22)36-20(2)32)30(3)37(33,34)19-21-9-6-5-7-10-21/h4-12,23,25,27H,1,13-19H2,2-3H3/t23-,25+,27-,28-,29+/m0/s1. The summed E-state index contributed by atoms with van der Waals surface area (Å²) in [7, 11) is -1.94. The van der Waals surface area contributed by atoms with Crippen LogP contribution in [0.1, 0.15) is 42.9 Å². The van der Waals surface area contributed by atoms with Crippen LogP contribution in [0.4, 0.5) is 0 Å². The fourth-order valence-electron chi connectivity index (χ4n) is 7.86. The Morgan fingerprint density at radius 1 is 1.22 bits per heavy atom. The van der Waals surface area contributed by atoms with E-state index in [2.05, 4.69) is 17.5 Å². The minimum Gasteiger partial charge on any atom is -0.487 e. The van der Waals surface area contributed by atoms with Crippen LogP contribution in [0.25, 0.3) is 0 Å². The van der Waals surface area contributed by atoms with Crippen molar-refractivity contribution in [2.24, 2.45) is 0 Å². The number of benzene rings is 2. The summed E-state index contributed by atoms with van der Waals surface area (Å²) in [5, 5.41) is 0. The third kappa shape index (κ3) is 3.45. The van der Waals surface area contributed by atoms with Gasteiger partial charge in [0.2, 0.25) is 10.0 Å². The average molecular weight is 523 g/mol. The zero-order valence-corrected chi connectivity index (χ0v) is 22.2. The summed E-state index contributed by atoms with van der Waals surface area (Å²) in [5.74, 6) is 0.430. The molecule has 196 valence electrons. The Bertz CT molecular complexity index is 1350. The number of esters is 1. The Labute approximate surface area is 219 Å². The normalized spacial score (nSPS) is 31.9. The van der Waals surface area contributed by atoms with Crippen LogP contribution in [0.15, 0.2) is 61.2 Å². The molecule has 2 fully saturated rings. The number of ether oxygens (including phenoxy) is 2. The van der Waals surface area contributed by atoms with Gasteiger partial charge in [0, 0.05) is 32.6 Å². The van der Waals surface area contributed by atoms with E-state index < -0.39 is 27.1 Å². The van der Waals surface area contributed by atoms with Crippen LogP contribution in [-0.4, -0.2) is 67.5 Å². The highest BCUT2D eigenvalue weighted by Crippen LogP contribution is 2.65. The molecule has 37 heavy (non-hydrogen) atoms. The Morgan fingerprint density at radius 3 is 2.73 bits per heavy atom. The lowest BCUT2D eigenvalue weighted by molar-refractivity contribution is -0.220. The summed E-state index contributed by atoms with van der Waals surface area (Å²) in [6.45, 7) is 6.96. The molecule has 2 bridgehead atoms. The molecule has 0 amide bonds. The molecule has 8 heteroatoms. The molecular formula is C29H34N2O5S. The van der Waals surface area contributed by atoms with Gasteiger partial charge in [-0.05, 0) is 42.9 Å². The molecule has 4 aliphatic rings. The van der Waals surface area contributed by atoms with Gasteiger partial charge in [-0.2, -0.15) is 4.31 Å². The molecule has 1 spiro atoms. The van der Waals surface area contributed by atoms with E-state index in [1.807, 2.05) is 48.5 Å². The Kier molecular flexibility index (Phi) is 5.78. The van der Waals surface area contributed by atoms with Crippen molar-refractivity contribution in [2.75, 3.05) is 20.1 Å². The number of sulfonamides is 1. The number of hydrogen-bond donors (Lipinski definition) is 0. The molecular weight excluding hydrogens is 488 g/mol. The Hall–Kier alpha value is -2.68. The van der Waals surface area contributed by atoms with Crippen LogP contribution < -0.4 is 4.74 Å². The molecule has 0 unspecified atom stereocenters. The van der Waals surface area contributed by atoms with Gasteiger partial charge in [0.05, 0.1) is 23.3 Å². The summed E-state index contributed by atoms with van der Waals surface area (Å²) in [6.07, 6.45) is 4.07. The Morgan fingerprint density at radius 2 is 2.00 bits per heavy atom. The molecule has 0 aromatic heterocycles. The van der Waals surface area contributed by atoms with Crippen LogP contribution in [0, 0.1) is 0 Å². The summed E-state index contributed by atoms with van der Waals surface area (Å²) >= 11 is 0. The fourth-order valence-corrected chi connectivity index (χ4v) is 9.30. The van der Waals surface area contributed by atoms with Gasteiger partial charge in [-0.25, -0.2) is 8.42 Å². The SMILES string of the molecule is C=CCN1CC[C@]23c4c5cccc4O[C@H]2[C@@H](N(C)S(=O)(=O)Cc2ccccc2)CC[C@@]3(OC(C)=O)[C@H]1C5. The second-order valence-corrected chi connectivity index (χ2v) is 12.9. The topological polar surface area (TPSA) is 76.2 Å². The molecule has 2 aromatic rings. The molecule has 2 aliphatic carbocycles. The van der Waals surface area contributed by atoms with Gasteiger partial charge in [0.15, 0.2) is 0 Å². The first kappa shape index (κ1) is 24.6. The van der Waals surface area contributed by atoms with Crippen molar-refractivity contribution < 1.29 is 22.7 Å². The van der Waals surface area contributed by atoms with Gasteiger partial charge in [-0.15, -0.1) is 6.58 Å². The third-order valence-electron chi connectivity index (χ3n) is 9.19. The molecule has 5 atom stereocenters. The van der Waals surface area contributed by atoms with Crippen molar-refractivity contribution in [2.45, 2.75) is 67.6 Å². The van der Waals surface area contributed by atoms with Crippen molar-refractivity contribution in [3.63, 3.8) is 0 Å². The zero-order valence-electron chi connectivity index (χ0n) is 21.4. The largest absolute Gasteiger partial charge is 0.487 e. The molecule has 2 aromatic carbocycles. The Balaban J connectivity index is 1.47. The van der Waals surface area contributed by atoms with Crippen LogP contribution in [-0.2, 0) is 37.1 Å². The molecule has 2 heterocycles. The number of likely N-dealkylation sites (N-methyl/N-ethyl adjacent to an activating group) is 1. The van der Waals surface area contributed by atoms with Crippen LogP contribution in [0.2, 0.25) is 0 Å². The summed E-state index contributed by atoms with van der Waals surface area (Å²) < 4.78 is 42.0. The van der Waals surface area contributed by atoms with Gasteiger partial charge in [0.1, 0.15) is 17.5 Å². The number of piperidine rings is 1. The van der Waals surface area contributed by atoms with Crippen molar-refractivity contribution in [3.05, 3.63) is 77.9 Å². The lowest BCUT2D eigenvalue weighted by Gasteiger charge is -2.65. The van der Waals surface area contributed by atoms with E-state index in [-0.39, 0.29) is 23.8 Å². The van der Waals surface area contributed by atoms with Gasteiger partial charge >= 0.3 is 5.97 Å². The van der Waals surface area contributed by atoms with Gasteiger partial charge < -0.3 is 9.47 Å². The van der Waals surface area contributed by atoms with Crippen LogP contribution in [0.3, 0.4) is 0 Å². The number of nitrogens with zero attached hydrogens (tertiary/aromatic N) is 2. The van der Waals surface area contributed by atoms with Gasteiger partial charge in [-0.1, -0.05) is 48.5 Å². The van der Waals surface area contributed by atoms with E-state index in [0.717, 1.165) is 36.3 Å². The fraction of sp³-hybridized carbons (Fsp3) is 0.483. The van der Waals surface area contributed by atoms with Crippen molar-refractivity contribution >= 4 is 16.0 Å². The first-order chi connectivity index (χ1) is 17.7. The van der Waals surface area contributed by atoms with Crippen molar-refractivity contribution in [1.82, 2.24) is 9.21 Å². The summed E-state index contributed by atoms with van der Waals surface area (Å²) in [5.41, 5.74) is 1.69. The molecule has 7 nitrogen and oxygen atoms in total. The van der Waals surface area contributed by atoms with E-state index in [4.69, 9.17) is 9.47 Å². The second-order valence-electron chi connectivity index (χ2n) is 10.9.